The molecule has 0 N–H and O–H groups in total. The van der Waals surface area contributed by atoms with Crippen LogP contribution >= 0.6 is 11.6 Å². The van der Waals surface area contributed by atoms with E-state index in [0.717, 1.165) is 4.68 Å². The number of hydrogen-bond donors (Lipinski definition) is 0. The average molecular weight is 314 g/mol. The molecule has 0 aliphatic heterocycles. The lowest BCUT2D eigenvalue weighted by Crippen LogP contribution is -2.10. The van der Waals surface area contributed by atoms with Crippen molar-refractivity contribution in [1.82, 2.24) is 14.8 Å². The van der Waals surface area contributed by atoms with Crippen molar-refractivity contribution in [1.29, 1.82) is 0 Å². The number of aromatic nitrogens is 3. The molecule has 10 heteroatoms. The Morgan fingerprint density at radius 1 is 1.53 bits per heavy atom. The Hall–Kier alpha value is -1.35. The van der Waals surface area contributed by atoms with Gasteiger partial charge in [-0.2, -0.15) is 18.3 Å². The third kappa shape index (κ3) is 2.81. The second-order valence-corrected chi connectivity index (χ2v) is 5.21. The molecule has 2 aromatic heterocycles. The first-order chi connectivity index (χ1) is 8.80. The van der Waals surface area contributed by atoms with Gasteiger partial charge in [0, 0.05) is 12.6 Å². The van der Waals surface area contributed by atoms with Gasteiger partial charge in [-0.15, -0.1) is 0 Å². The van der Waals surface area contributed by atoms with Crippen LogP contribution < -0.4 is 0 Å². The summed E-state index contributed by atoms with van der Waals surface area (Å²) in [4.78, 5) is 3.62. The second kappa shape index (κ2) is 4.97. The predicted octanol–water partition coefficient (Wildman–Crippen LogP) is 2.39. The summed E-state index contributed by atoms with van der Waals surface area (Å²) in [5.74, 6) is -0.470. The average Bonchev–Trinajstić information content (AvgIpc) is 2.91. The first kappa shape index (κ1) is 14.1. The molecule has 0 radical (unpaired) electrons. The van der Waals surface area contributed by atoms with Crippen LogP contribution in [0.1, 0.15) is 11.3 Å². The fourth-order valence-corrected chi connectivity index (χ4v) is 2.69. The van der Waals surface area contributed by atoms with E-state index in [4.69, 9.17) is 16.0 Å². The van der Waals surface area contributed by atoms with Crippen LogP contribution in [-0.4, -0.2) is 19.0 Å². The van der Waals surface area contributed by atoms with Crippen LogP contribution in [0.3, 0.4) is 0 Å². The van der Waals surface area contributed by atoms with Crippen LogP contribution in [0, 0.1) is 0 Å². The lowest BCUT2D eigenvalue weighted by Gasteiger charge is -2.05. The molecule has 0 bridgehead atoms. The highest BCUT2D eigenvalue weighted by atomic mass is 35.5. The Bertz CT molecular complexity index is 609. The zero-order chi connectivity index (χ0) is 14.2. The zero-order valence-electron chi connectivity index (χ0n) is 9.44. The molecule has 5 nitrogen and oxygen atoms in total. The van der Waals surface area contributed by atoms with E-state index in [1.165, 1.54) is 19.5 Å². The van der Waals surface area contributed by atoms with Gasteiger partial charge in [-0.25, -0.2) is 9.19 Å². The van der Waals surface area contributed by atoms with Crippen molar-refractivity contribution in [3.05, 3.63) is 28.9 Å². The molecular formula is C9H7ClF3N3O2S. The van der Waals surface area contributed by atoms with Gasteiger partial charge in [0.05, 0.1) is 11.9 Å². The van der Waals surface area contributed by atoms with Crippen molar-refractivity contribution < 1.29 is 21.8 Å². The molecule has 1 atom stereocenters. The minimum absolute atomic E-state index is 0.159. The number of alkyl halides is 3. The quantitative estimate of drug-likeness (QED) is 0.873. The number of halogens is 4. The number of hydrogen-bond acceptors (Lipinski definition) is 4. The molecule has 1 unspecified atom stereocenters. The van der Waals surface area contributed by atoms with Crippen LogP contribution in [0.2, 0.25) is 5.15 Å². The molecule has 2 rings (SSSR count). The molecule has 0 saturated heterocycles. The van der Waals surface area contributed by atoms with E-state index >= 15 is 0 Å². The monoisotopic (exact) mass is 313 g/mol. The van der Waals surface area contributed by atoms with Crippen molar-refractivity contribution in [3.8, 4) is 0 Å². The van der Waals surface area contributed by atoms with E-state index in [1.54, 1.807) is 0 Å². The van der Waals surface area contributed by atoms with E-state index in [0.29, 0.717) is 0 Å². The van der Waals surface area contributed by atoms with Crippen molar-refractivity contribution in [2.75, 3.05) is 0 Å². The second-order valence-electron chi connectivity index (χ2n) is 3.53. The minimum Gasteiger partial charge on any atom is -0.438 e. The van der Waals surface area contributed by atoms with Gasteiger partial charge < -0.3 is 4.42 Å². The summed E-state index contributed by atoms with van der Waals surface area (Å²) in [7, 11) is -0.588. The van der Waals surface area contributed by atoms with Gasteiger partial charge in [0.15, 0.2) is 5.69 Å². The summed E-state index contributed by atoms with van der Waals surface area (Å²) >= 11 is 5.74. The lowest BCUT2D eigenvalue weighted by molar-refractivity contribution is -0.141. The molecule has 0 aromatic carbocycles. The molecule has 0 amide bonds. The Morgan fingerprint density at radius 3 is 2.74 bits per heavy atom. The molecule has 19 heavy (non-hydrogen) atoms. The molecule has 0 aliphatic carbocycles. The van der Waals surface area contributed by atoms with Crippen LogP contribution in [-0.2, 0) is 29.8 Å². The van der Waals surface area contributed by atoms with Gasteiger partial charge >= 0.3 is 6.18 Å². The fourth-order valence-electron chi connectivity index (χ4n) is 1.42. The summed E-state index contributed by atoms with van der Waals surface area (Å²) in [6, 6.07) is 0. The van der Waals surface area contributed by atoms with Gasteiger partial charge in [-0.1, -0.05) is 11.6 Å². The van der Waals surface area contributed by atoms with E-state index in [-0.39, 0.29) is 15.9 Å². The summed E-state index contributed by atoms with van der Waals surface area (Å²) in [6.07, 6.45) is -2.23. The third-order valence-electron chi connectivity index (χ3n) is 2.22. The summed E-state index contributed by atoms with van der Waals surface area (Å²) in [5, 5.41) is 2.92. The number of nitrogens with zero attached hydrogens (tertiary/aromatic N) is 3. The van der Waals surface area contributed by atoms with Gasteiger partial charge in [0.25, 0.3) is 5.22 Å². The highest BCUT2D eigenvalue weighted by Gasteiger charge is 2.39. The molecule has 0 spiro atoms. The Balaban J connectivity index is 2.37. The first-order valence-electron chi connectivity index (χ1n) is 4.87. The van der Waals surface area contributed by atoms with Crippen molar-refractivity contribution >= 4 is 22.4 Å². The maximum absolute atomic E-state index is 12.8. The highest BCUT2D eigenvalue weighted by molar-refractivity contribution is 7.84. The fraction of sp³-hybridized carbons (Fsp3) is 0.333. The van der Waals surface area contributed by atoms with Crippen LogP contribution in [0.5, 0.6) is 0 Å². The van der Waals surface area contributed by atoms with Crippen LogP contribution in [0.4, 0.5) is 13.2 Å². The molecule has 0 saturated carbocycles. The first-order valence-corrected chi connectivity index (χ1v) is 6.57. The van der Waals surface area contributed by atoms with Crippen molar-refractivity contribution in [3.63, 3.8) is 0 Å². The largest absolute Gasteiger partial charge is 0.438 e. The number of oxazole rings is 1. The Morgan fingerprint density at radius 2 is 2.21 bits per heavy atom. The SMILES string of the molecule is Cn1nc(C(F)(F)F)c(CS(=O)c2ncco2)c1Cl. The smallest absolute Gasteiger partial charge is 0.435 e. The summed E-state index contributed by atoms with van der Waals surface area (Å²) < 4.78 is 55.8. The maximum atomic E-state index is 12.8. The summed E-state index contributed by atoms with van der Waals surface area (Å²) in [5.41, 5.74) is -1.49. The number of aryl methyl sites for hydroxylation is 1. The van der Waals surface area contributed by atoms with Gasteiger partial charge in [0.1, 0.15) is 22.2 Å². The summed E-state index contributed by atoms with van der Waals surface area (Å²) in [6.45, 7) is 0. The van der Waals surface area contributed by atoms with E-state index in [2.05, 4.69) is 10.1 Å². The molecule has 2 aromatic rings. The van der Waals surface area contributed by atoms with Crippen molar-refractivity contribution in [2.45, 2.75) is 17.2 Å². The van der Waals surface area contributed by atoms with Gasteiger partial charge in [-0.05, 0) is 0 Å². The lowest BCUT2D eigenvalue weighted by atomic mass is 10.3. The Labute approximate surface area is 112 Å². The van der Waals surface area contributed by atoms with E-state index < -0.39 is 28.4 Å². The normalized spacial score (nSPS) is 13.7. The van der Waals surface area contributed by atoms with Gasteiger partial charge in [-0.3, -0.25) is 4.68 Å². The van der Waals surface area contributed by atoms with E-state index in [1.807, 2.05) is 0 Å². The van der Waals surface area contributed by atoms with Crippen LogP contribution in [0.15, 0.2) is 22.1 Å². The standard InChI is InChI=1S/C9H7ClF3N3O2S/c1-16-7(10)5(6(15-16)9(11,12)13)4-19(17)8-14-2-3-18-8/h2-3H,4H2,1H3. The highest BCUT2D eigenvalue weighted by Crippen LogP contribution is 2.35. The van der Waals surface area contributed by atoms with E-state index in [9.17, 15) is 17.4 Å². The third-order valence-corrected chi connectivity index (χ3v) is 3.83. The predicted molar refractivity (Wildman–Crippen MR) is 59.8 cm³/mol. The Kier molecular flexibility index (Phi) is 3.68. The van der Waals surface area contributed by atoms with Crippen molar-refractivity contribution in [2.24, 2.45) is 7.05 Å². The molecular weight excluding hydrogens is 307 g/mol. The van der Waals surface area contributed by atoms with Gasteiger partial charge in [0.2, 0.25) is 0 Å². The van der Waals surface area contributed by atoms with Crippen LogP contribution in [0.25, 0.3) is 0 Å². The maximum Gasteiger partial charge on any atom is 0.435 e. The number of rotatable bonds is 3. The molecule has 2 heterocycles. The molecule has 104 valence electrons. The minimum atomic E-state index is -4.67. The topological polar surface area (TPSA) is 60.9 Å². The molecule has 0 fully saturated rings. The zero-order valence-corrected chi connectivity index (χ0v) is 11.0. The molecule has 0 aliphatic rings.